The van der Waals surface area contributed by atoms with E-state index in [9.17, 15) is 4.39 Å². The topological polar surface area (TPSA) is 31.9 Å². The van der Waals surface area contributed by atoms with Crippen molar-refractivity contribution in [2.24, 2.45) is 0 Å². The van der Waals surface area contributed by atoms with Crippen LogP contribution in [0.25, 0.3) is 11.0 Å². The number of benzene rings is 1. The molecule has 1 N–H and O–H groups in total. The zero-order valence-corrected chi connectivity index (χ0v) is 11.2. The van der Waals surface area contributed by atoms with Gasteiger partial charge >= 0.3 is 0 Å². The lowest BCUT2D eigenvalue weighted by Crippen LogP contribution is -2.44. The highest BCUT2D eigenvalue weighted by molar-refractivity contribution is 6.20. The summed E-state index contributed by atoms with van der Waals surface area (Å²) in [5, 5.41) is 0.288. The number of hydrogen-bond donors (Lipinski definition) is 1. The lowest BCUT2D eigenvalue weighted by atomic mass is 10.0. The van der Waals surface area contributed by atoms with Crippen molar-refractivity contribution in [1.82, 2.24) is 9.97 Å². The summed E-state index contributed by atoms with van der Waals surface area (Å²) < 4.78 is 13.2. The third-order valence-electron chi connectivity index (χ3n) is 4.35. The fourth-order valence-electron chi connectivity index (χ4n) is 3.55. The smallest absolute Gasteiger partial charge is 0.204 e. The van der Waals surface area contributed by atoms with Crippen LogP contribution in [0, 0.1) is 5.82 Å². The molecule has 1 aromatic carbocycles. The zero-order valence-electron chi connectivity index (χ0n) is 10.4. The van der Waals surface area contributed by atoms with Crippen LogP contribution in [0.2, 0.25) is 0 Å². The Labute approximate surface area is 115 Å². The van der Waals surface area contributed by atoms with Crippen LogP contribution in [-0.2, 0) is 0 Å². The summed E-state index contributed by atoms with van der Waals surface area (Å²) in [6.07, 6.45) is 4.39. The molecule has 0 amide bonds. The number of nitrogens with one attached hydrogen (secondary N) is 1. The molecule has 0 saturated carbocycles. The average Bonchev–Trinajstić information content (AvgIpc) is 2.88. The van der Waals surface area contributed by atoms with Crippen LogP contribution in [-0.4, -0.2) is 27.4 Å². The molecule has 2 aromatic rings. The quantitative estimate of drug-likeness (QED) is 0.811. The van der Waals surface area contributed by atoms with Gasteiger partial charge in [0.05, 0.1) is 11.0 Å². The lowest BCUT2D eigenvalue weighted by molar-refractivity contribution is 0.468. The number of H-pyrrole nitrogens is 1. The first kappa shape index (κ1) is 11.5. The van der Waals surface area contributed by atoms with Crippen LogP contribution in [0.4, 0.5) is 10.3 Å². The van der Waals surface area contributed by atoms with Crippen molar-refractivity contribution < 1.29 is 4.39 Å². The monoisotopic (exact) mass is 279 g/mol. The van der Waals surface area contributed by atoms with Gasteiger partial charge in [-0.05, 0) is 43.9 Å². The van der Waals surface area contributed by atoms with Gasteiger partial charge in [-0.3, -0.25) is 0 Å². The third-order valence-corrected chi connectivity index (χ3v) is 4.71. The molecule has 2 saturated heterocycles. The molecule has 2 unspecified atom stereocenters. The fraction of sp³-hybridized carbons (Fsp3) is 0.500. The van der Waals surface area contributed by atoms with Gasteiger partial charge in [0.1, 0.15) is 5.82 Å². The van der Waals surface area contributed by atoms with Crippen molar-refractivity contribution >= 4 is 28.6 Å². The summed E-state index contributed by atoms with van der Waals surface area (Å²) in [5.74, 6) is 0.641. The minimum absolute atomic E-state index is 0.231. The van der Waals surface area contributed by atoms with Crippen LogP contribution in [0.15, 0.2) is 18.2 Å². The standard InChI is InChI=1S/C14H15ClFN3/c15-8-5-10-2-3-11(6-8)19(10)14-17-12-4-1-9(16)7-13(12)18-14/h1,4,7-8,10-11H,2-3,5-6H2,(H,17,18). The third kappa shape index (κ3) is 1.81. The molecule has 2 aliphatic rings. The van der Waals surface area contributed by atoms with Gasteiger partial charge in [-0.2, -0.15) is 0 Å². The second-order valence-electron chi connectivity index (χ2n) is 5.58. The van der Waals surface area contributed by atoms with E-state index in [-0.39, 0.29) is 11.2 Å². The van der Waals surface area contributed by atoms with Crippen molar-refractivity contribution in [3.63, 3.8) is 0 Å². The number of alkyl halides is 1. The fourth-order valence-corrected chi connectivity index (χ4v) is 3.96. The molecule has 2 fully saturated rings. The highest BCUT2D eigenvalue weighted by Gasteiger charge is 2.41. The molecule has 0 spiro atoms. The number of anilines is 1. The molecule has 2 bridgehead atoms. The van der Waals surface area contributed by atoms with Gasteiger partial charge in [-0.1, -0.05) is 0 Å². The summed E-state index contributed by atoms with van der Waals surface area (Å²) in [5.41, 5.74) is 1.59. The highest BCUT2D eigenvalue weighted by Crippen LogP contribution is 2.40. The number of hydrogen-bond acceptors (Lipinski definition) is 2. The summed E-state index contributed by atoms with van der Waals surface area (Å²) >= 11 is 6.29. The van der Waals surface area contributed by atoms with Gasteiger partial charge in [0.25, 0.3) is 0 Å². The maximum absolute atomic E-state index is 13.2. The number of aromatic amines is 1. The Morgan fingerprint density at radius 2 is 2.00 bits per heavy atom. The molecule has 19 heavy (non-hydrogen) atoms. The number of rotatable bonds is 1. The first-order valence-electron chi connectivity index (χ1n) is 6.78. The maximum Gasteiger partial charge on any atom is 0.204 e. The first-order valence-corrected chi connectivity index (χ1v) is 7.22. The molecule has 3 nitrogen and oxygen atoms in total. The maximum atomic E-state index is 13.2. The SMILES string of the molecule is Fc1ccc2nc(N3C4CCC3CC(Cl)C4)[nH]c2c1. The lowest BCUT2D eigenvalue weighted by Gasteiger charge is -2.36. The van der Waals surface area contributed by atoms with Gasteiger partial charge in [0, 0.05) is 17.5 Å². The summed E-state index contributed by atoms with van der Waals surface area (Å²) in [6, 6.07) is 5.63. The Hall–Kier alpha value is -1.29. The van der Waals surface area contributed by atoms with Gasteiger partial charge in [-0.25, -0.2) is 9.37 Å². The van der Waals surface area contributed by atoms with E-state index < -0.39 is 0 Å². The van der Waals surface area contributed by atoms with Gasteiger partial charge < -0.3 is 9.88 Å². The predicted octanol–water partition coefficient (Wildman–Crippen LogP) is 3.44. The normalized spacial score (nSPS) is 30.2. The largest absolute Gasteiger partial charge is 0.336 e. The van der Waals surface area contributed by atoms with E-state index in [2.05, 4.69) is 14.9 Å². The van der Waals surface area contributed by atoms with Gasteiger partial charge in [0.2, 0.25) is 5.95 Å². The zero-order chi connectivity index (χ0) is 13.0. The van der Waals surface area contributed by atoms with Crippen molar-refractivity contribution in [1.29, 1.82) is 0 Å². The second-order valence-corrected chi connectivity index (χ2v) is 6.20. The number of piperidine rings is 1. The van der Waals surface area contributed by atoms with Crippen LogP contribution >= 0.6 is 11.6 Å². The minimum Gasteiger partial charge on any atom is -0.336 e. The molecule has 100 valence electrons. The second kappa shape index (κ2) is 4.10. The van der Waals surface area contributed by atoms with Crippen molar-refractivity contribution in [2.75, 3.05) is 4.90 Å². The minimum atomic E-state index is -0.231. The highest BCUT2D eigenvalue weighted by atomic mass is 35.5. The average molecular weight is 280 g/mol. The van der Waals surface area contributed by atoms with Crippen LogP contribution < -0.4 is 4.90 Å². The van der Waals surface area contributed by atoms with E-state index in [0.29, 0.717) is 12.1 Å². The number of aromatic nitrogens is 2. The number of imidazole rings is 1. The van der Waals surface area contributed by atoms with Crippen molar-refractivity contribution in [3.05, 3.63) is 24.0 Å². The number of halogens is 2. The summed E-state index contributed by atoms with van der Waals surface area (Å²) in [7, 11) is 0. The molecule has 2 atom stereocenters. The molecule has 0 radical (unpaired) electrons. The molecular weight excluding hydrogens is 265 g/mol. The Balaban J connectivity index is 1.74. The Morgan fingerprint density at radius 1 is 1.26 bits per heavy atom. The van der Waals surface area contributed by atoms with Gasteiger partial charge in [0.15, 0.2) is 0 Å². The Bertz CT molecular complexity index is 612. The Kier molecular flexibility index (Phi) is 2.49. The predicted molar refractivity (Wildman–Crippen MR) is 74.2 cm³/mol. The van der Waals surface area contributed by atoms with E-state index in [4.69, 9.17) is 11.6 Å². The first-order chi connectivity index (χ1) is 9.20. The summed E-state index contributed by atoms with van der Waals surface area (Å²) in [4.78, 5) is 10.2. The van der Waals surface area contributed by atoms with Gasteiger partial charge in [-0.15, -0.1) is 11.6 Å². The van der Waals surface area contributed by atoms with Crippen molar-refractivity contribution in [2.45, 2.75) is 43.1 Å². The molecular formula is C14H15ClFN3. The number of fused-ring (bicyclic) bond motifs is 3. The molecule has 1 aromatic heterocycles. The van der Waals surface area contributed by atoms with E-state index in [1.165, 1.54) is 25.0 Å². The van der Waals surface area contributed by atoms with E-state index >= 15 is 0 Å². The molecule has 2 aliphatic heterocycles. The molecule has 5 heteroatoms. The van der Waals surface area contributed by atoms with E-state index in [1.807, 2.05) is 0 Å². The van der Waals surface area contributed by atoms with E-state index in [1.54, 1.807) is 6.07 Å². The van der Waals surface area contributed by atoms with E-state index in [0.717, 1.165) is 29.8 Å². The van der Waals surface area contributed by atoms with Crippen LogP contribution in [0.1, 0.15) is 25.7 Å². The van der Waals surface area contributed by atoms with Crippen LogP contribution in [0.5, 0.6) is 0 Å². The van der Waals surface area contributed by atoms with Crippen molar-refractivity contribution in [3.8, 4) is 0 Å². The molecule has 4 rings (SSSR count). The summed E-state index contributed by atoms with van der Waals surface area (Å²) in [6.45, 7) is 0. The van der Waals surface area contributed by atoms with Crippen LogP contribution in [0.3, 0.4) is 0 Å². The molecule has 0 aliphatic carbocycles. The molecule has 3 heterocycles. The number of nitrogens with zero attached hydrogens (tertiary/aromatic N) is 2. The Morgan fingerprint density at radius 3 is 2.74 bits per heavy atom.